The number of fused-ring (bicyclic) bond motifs is 3. The second kappa shape index (κ2) is 2.84. The Kier molecular flexibility index (Phi) is 1.69. The molecule has 1 saturated heterocycles. The first kappa shape index (κ1) is 8.95. The van der Waals surface area contributed by atoms with Crippen molar-refractivity contribution >= 4 is 11.4 Å². The molecule has 2 aliphatic heterocycles. The van der Waals surface area contributed by atoms with Crippen LogP contribution in [0.15, 0.2) is 30.3 Å². The number of hydrogen-bond acceptors (Lipinski definition) is 2. The van der Waals surface area contributed by atoms with E-state index in [1.807, 2.05) is 30.3 Å². The SMILES string of the molecule is NC1=CC2CCC[N+]2(O)c2ccccc21. The summed E-state index contributed by atoms with van der Waals surface area (Å²) >= 11 is 0. The summed E-state index contributed by atoms with van der Waals surface area (Å²) in [5.74, 6) is 0. The molecular weight excluding hydrogens is 188 g/mol. The van der Waals surface area contributed by atoms with Crippen molar-refractivity contribution < 1.29 is 5.21 Å². The quantitative estimate of drug-likeness (QED) is 0.632. The van der Waals surface area contributed by atoms with Crippen LogP contribution in [0.4, 0.5) is 5.69 Å². The summed E-state index contributed by atoms with van der Waals surface area (Å²) in [6, 6.07) is 8.03. The number of hydroxylamine groups is 2. The summed E-state index contributed by atoms with van der Waals surface area (Å²) < 4.78 is 0.0525. The fourth-order valence-corrected chi connectivity index (χ4v) is 2.78. The molecule has 78 valence electrons. The first-order valence-electron chi connectivity index (χ1n) is 5.39. The predicted molar refractivity (Wildman–Crippen MR) is 60.1 cm³/mol. The van der Waals surface area contributed by atoms with E-state index in [0.717, 1.165) is 36.3 Å². The van der Waals surface area contributed by atoms with Gasteiger partial charge in [-0.15, -0.1) is 4.65 Å². The van der Waals surface area contributed by atoms with Crippen molar-refractivity contribution in [1.29, 1.82) is 0 Å². The zero-order chi connectivity index (χ0) is 10.5. The highest BCUT2D eigenvalue weighted by molar-refractivity contribution is 5.77. The molecule has 2 aliphatic rings. The van der Waals surface area contributed by atoms with Gasteiger partial charge in [0, 0.05) is 30.7 Å². The van der Waals surface area contributed by atoms with Crippen LogP contribution in [-0.4, -0.2) is 17.8 Å². The molecule has 0 bridgehead atoms. The van der Waals surface area contributed by atoms with Gasteiger partial charge < -0.3 is 5.73 Å². The van der Waals surface area contributed by atoms with Gasteiger partial charge in [0.15, 0.2) is 5.69 Å². The number of rotatable bonds is 0. The Morgan fingerprint density at radius 1 is 1.33 bits per heavy atom. The molecular formula is C12H15N2O+. The molecule has 15 heavy (non-hydrogen) atoms. The molecule has 3 rings (SSSR count). The van der Waals surface area contributed by atoms with E-state index in [9.17, 15) is 5.21 Å². The van der Waals surface area contributed by atoms with Gasteiger partial charge in [-0.3, -0.25) is 0 Å². The van der Waals surface area contributed by atoms with Gasteiger partial charge in [0.05, 0.1) is 5.56 Å². The number of nitrogens with zero attached hydrogens (tertiary/aromatic N) is 1. The summed E-state index contributed by atoms with van der Waals surface area (Å²) in [7, 11) is 0. The molecule has 3 N–H and O–H groups in total. The molecule has 0 radical (unpaired) electrons. The summed E-state index contributed by atoms with van der Waals surface area (Å²) in [4.78, 5) is 0. The standard InChI is InChI=1S/C12H15N2O/c13-11-8-9-4-3-7-14(9,15)12-6-2-1-5-10(11)12/h1-2,5-6,8-9,15H,3-4,7,13H2/q+1. The van der Waals surface area contributed by atoms with Gasteiger partial charge in [0.2, 0.25) is 0 Å². The third-order valence-electron chi connectivity index (χ3n) is 3.55. The molecule has 1 aromatic carbocycles. The largest absolute Gasteiger partial charge is 0.398 e. The van der Waals surface area contributed by atoms with Crippen molar-refractivity contribution in [2.45, 2.75) is 18.9 Å². The maximum absolute atomic E-state index is 10.6. The van der Waals surface area contributed by atoms with Crippen LogP contribution < -0.4 is 10.4 Å². The highest BCUT2D eigenvalue weighted by Crippen LogP contribution is 2.41. The minimum atomic E-state index is 0.0525. The van der Waals surface area contributed by atoms with Gasteiger partial charge in [-0.25, -0.2) is 5.21 Å². The van der Waals surface area contributed by atoms with Crippen LogP contribution in [0.25, 0.3) is 5.70 Å². The zero-order valence-corrected chi connectivity index (χ0v) is 8.56. The van der Waals surface area contributed by atoms with Crippen LogP contribution in [0.1, 0.15) is 18.4 Å². The third-order valence-corrected chi connectivity index (χ3v) is 3.55. The van der Waals surface area contributed by atoms with Crippen LogP contribution >= 0.6 is 0 Å². The Hall–Kier alpha value is -1.32. The van der Waals surface area contributed by atoms with Crippen molar-refractivity contribution in [2.75, 3.05) is 6.54 Å². The molecule has 0 aliphatic carbocycles. The zero-order valence-electron chi connectivity index (χ0n) is 8.56. The smallest absolute Gasteiger partial charge is 0.175 e. The molecule has 1 aromatic rings. The first-order valence-corrected chi connectivity index (χ1v) is 5.39. The van der Waals surface area contributed by atoms with Crippen molar-refractivity contribution in [3.8, 4) is 0 Å². The lowest BCUT2D eigenvalue weighted by Gasteiger charge is -2.34. The van der Waals surface area contributed by atoms with E-state index in [1.165, 1.54) is 0 Å². The molecule has 0 amide bonds. The molecule has 2 unspecified atom stereocenters. The van der Waals surface area contributed by atoms with Crippen molar-refractivity contribution in [3.05, 3.63) is 35.9 Å². The van der Waals surface area contributed by atoms with Crippen molar-refractivity contribution in [1.82, 2.24) is 4.65 Å². The van der Waals surface area contributed by atoms with Crippen LogP contribution in [0.5, 0.6) is 0 Å². The van der Waals surface area contributed by atoms with E-state index >= 15 is 0 Å². The molecule has 2 atom stereocenters. The molecule has 0 aromatic heterocycles. The fourth-order valence-electron chi connectivity index (χ4n) is 2.78. The van der Waals surface area contributed by atoms with Gasteiger partial charge in [-0.05, 0) is 6.07 Å². The van der Waals surface area contributed by atoms with E-state index in [2.05, 4.69) is 0 Å². The molecule has 3 nitrogen and oxygen atoms in total. The third kappa shape index (κ3) is 1.07. The lowest BCUT2D eigenvalue weighted by molar-refractivity contribution is -0.0798. The average molecular weight is 203 g/mol. The maximum Gasteiger partial charge on any atom is 0.175 e. The minimum absolute atomic E-state index is 0.0525. The number of para-hydroxylation sites is 1. The second-order valence-corrected chi connectivity index (χ2v) is 4.40. The maximum atomic E-state index is 10.6. The Morgan fingerprint density at radius 3 is 3.00 bits per heavy atom. The van der Waals surface area contributed by atoms with E-state index in [0.29, 0.717) is 0 Å². The lowest BCUT2D eigenvalue weighted by Crippen LogP contribution is -2.51. The number of hydrogen-bond donors (Lipinski definition) is 2. The second-order valence-electron chi connectivity index (χ2n) is 4.40. The Bertz CT molecular complexity index is 441. The van der Waals surface area contributed by atoms with Crippen molar-refractivity contribution in [3.63, 3.8) is 0 Å². The van der Waals surface area contributed by atoms with Gasteiger partial charge in [-0.2, -0.15) is 0 Å². The Balaban J connectivity index is 2.25. The van der Waals surface area contributed by atoms with E-state index in [-0.39, 0.29) is 10.7 Å². The Labute approximate surface area is 89.0 Å². The van der Waals surface area contributed by atoms with Gasteiger partial charge in [-0.1, -0.05) is 12.1 Å². The van der Waals surface area contributed by atoms with Crippen molar-refractivity contribution in [2.24, 2.45) is 5.73 Å². The summed E-state index contributed by atoms with van der Waals surface area (Å²) in [5, 5.41) is 10.6. The first-order chi connectivity index (χ1) is 7.22. The summed E-state index contributed by atoms with van der Waals surface area (Å²) in [6.45, 7) is 0.797. The summed E-state index contributed by atoms with van der Waals surface area (Å²) in [6.07, 6.45) is 4.08. The normalized spacial score (nSPS) is 33.1. The molecule has 0 spiro atoms. The lowest BCUT2D eigenvalue weighted by atomic mass is 10.0. The molecule has 3 heteroatoms. The molecule has 2 heterocycles. The van der Waals surface area contributed by atoms with Crippen LogP contribution in [0, 0.1) is 0 Å². The van der Waals surface area contributed by atoms with E-state index in [1.54, 1.807) is 0 Å². The van der Waals surface area contributed by atoms with Gasteiger partial charge in [0.1, 0.15) is 12.6 Å². The minimum Gasteiger partial charge on any atom is -0.398 e. The molecule has 0 saturated carbocycles. The summed E-state index contributed by atoms with van der Waals surface area (Å²) in [5.41, 5.74) is 8.75. The van der Waals surface area contributed by atoms with Gasteiger partial charge >= 0.3 is 0 Å². The topological polar surface area (TPSA) is 46.2 Å². The van der Waals surface area contributed by atoms with Gasteiger partial charge in [0.25, 0.3) is 0 Å². The highest BCUT2D eigenvalue weighted by atomic mass is 16.5. The number of benzene rings is 1. The highest BCUT2D eigenvalue weighted by Gasteiger charge is 2.46. The van der Waals surface area contributed by atoms with Crippen LogP contribution in [0.3, 0.4) is 0 Å². The predicted octanol–water partition coefficient (Wildman–Crippen LogP) is 1.86. The van der Waals surface area contributed by atoms with E-state index < -0.39 is 0 Å². The van der Waals surface area contributed by atoms with Crippen LogP contribution in [-0.2, 0) is 0 Å². The average Bonchev–Trinajstić information content (AvgIpc) is 2.62. The van der Waals surface area contributed by atoms with E-state index in [4.69, 9.17) is 5.73 Å². The number of nitrogens with two attached hydrogens (primary N) is 1. The Morgan fingerprint density at radius 2 is 2.13 bits per heavy atom. The van der Waals surface area contributed by atoms with Crippen LogP contribution in [0.2, 0.25) is 0 Å². The fraction of sp³-hybridized carbons (Fsp3) is 0.333. The molecule has 1 fully saturated rings. The monoisotopic (exact) mass is 203 g/mol. The number of quaternary nitrogens is 1.